The number of rotatable bonds is 4. The molecule has 0 saturated carbocycles. The van der Waals surface area contributed by atoms with E-state index in [-0.39, 0.29) is 5.91 Å². The summed E-state index contributed by atoms with van der Waals surface area (Å²) < 4.78 is 6.57. The molecule has 1 aromatic rings. The molecule has 0 bridgehead atoms. The quantitative estimate of drug-likeness (QED) is 0.920. The van der Waals surface area contributed by atoms with Gasteiger partial charge in [-0.05, 0) is 31.2 Å². The Balaban J connectivity index is 1.74. The first-order chi connectivity index (χ1) is 9.25. The van der Waals surface area contributed by atoms with Crippen LogP contribution in [-0.2, 0) is 4.79 Å². The van der Waals surface area contributed by atoms with Crippen LogP contribution in [0.3, 0.4) is 0 Å². The minimum atomic E-state index is 0.179. The van der Waals surface area contributed by atoms with Crippen molar-refractivity contribution in [1.29, 1.82) is 0 Å². The Bertz CT molecular complexity index is 418. The van der Waals surface area contributed by atoms with E-state index in [2.05, 4.69) is 21.2 Å². The summed E-state index contributed by atoms with van der Waals surface area (Å²) in [5.41, 5.74) is 0. The van der Waals surface area contributed by atoms with Crippen molar-refractivity contribution in [1.82, 2.24) is 10.2 Å². The summed E-state index contributed by atoms with van der Waals surface area (Å²) in [4.78, 5) is 13.9. The van der Waals surface area contributed by atoms with E-state index >= 15 is 0 Å². The van der Waals surface area contributed by atoms with Crippen molar-refractivity contribution < 1.29 is 9.53 Å². The molecule has 1 aliphatic heterocycles. The Morgan fingerprint density at radius 1 is 1.37 bits per heavy atom. The summed E-state index contributed by atoms with van der Waals surface area (Å²) in [6.45, 7) is 3.97. The Morgan fingerprint density at radius 3 is 3.11 bits per heavy atom. The fraction of sp³-hybridized carbons (Fsp3) is 0.500. The van der Waals surface area contributed by atoms with E-state index in [0.29, 0.717) is 13.0 Å². The van der Waals surface area contributed by atoms with E-state index in [9.17, 15) is 4.79 Å². The highest BCUT2D eigenvalue weighted by molar-refractivity contribution is 9.10. The zero-order valence-electron chi connectivity index (χ0n) is 10.9. The lowest BCUT2D eigenvalue weighted by molar-refractivity contribution is -0.131. The highest BCUT2D eigenvalue weighted by atomic mass is 79.9. The largest absolute Gasteiger partial charge is 0.493 e. The lowest BCUT2D eigenvalue weighted by Crippen LogP contribution is -2.34. The molecule has 5 heteroatoms. The SMILES string of the molecule is O=C(CCOc1cccc(Br)c1)N1CCCNCC1. The molecule has 1 amide bonds. The van der Waals surface area contributed by atoms with Gasteiger partial charge in [-0.2, -0.15) is 0 Å². The highest BCUT2D eigenvalue weighted by Gasteiger charge is 2.14. The van der Waals surface area contributed by atoms with Gasteiger partial charge < -0.3 is 15.0 Å². The Labute approximate surface area is 122 Å². The summed E-state index contributed by atoms with van der Waals surface area (Å²) in [5.74, 6) is 0.971. The van der Waals surface area contributed by atoms with E-state index in [1.165, 1.54) is 0 Å². The molecular weight excluding hydrogens is 308 g/mol. The van der Waals surface area contributed by atoms with Gasteiger partial charge in [0.15, 0.2) is 0 Å². The van der Waals surface area contributed by atoms with Crippen molar-refractivity contribution in [2.75, 3.05) is 32.8 Å². The van der Waals surface area contributed by atoms with Crippen molar-refractivity contribution in [3.8, 4) is 5.75 Å². The molecule has 1 aliphatic rings. The lowest BCUT2D eigenvalue weighted by Gasteiger charge is -2.19. The fourth-order valence-electron chi connectivity index (χ4n) is 2.07. The second kappa shape index (κ2) is 7.50. The van der Waals surface area contributed by atoms with Crippen molar-refractivity contribution in [3.63, 3.8) is 0 Å². The molecule has 1 fully saturated rings. The molecule has 0 aliphatic carbocycles. The van der Waals surface area contributed by atoms with Crippen LogP contribution in [0.1, 0.15) is 12.8 Å². The maximum Gasteiger partial charge on any atom is 0.226 e. The standard InChI is InChI=1S/C14H19BrN2O2/c15-12-3-1-4-13(11-12)19-10-5-14(18)17-8-2-6-16-7-9-17/h1,3-4,11,16H,2,5-10H2. The van der Waals surface area contributed by atoms with Gasteiger partial charge in [-0.15, -0.1) is 0 Å². The second-order valence-corrected chi connectivity index (χ2v) is 5.46. The van der Waals surface area contributed by atoms with Gasteiger partial charge in [-0.1, -0.05) is 22.0 Å². The summed E-state index contributed by atoms with van der Waals surface area (Å²) in [5, 5.41) is 3.29. The number of carbonyl (C=O) groups is 1. The van der Waals surface area contributed by atoms with Gasteiger partial charge in [-0.25, -0.2) is 0 Å². The normalized spacial score (nSPS) is 15.9. The molecule has 0 aromatic heterocycles. The monoisotopic (exact) mass is 326 g/mol. The smallest absolute Gasteiger partial charge is 0.226 e. The van der Waals surface area contributed by atoms with Crippen molar-refractivity contribution in [3.05, 3.63) is 28.7 Å². The fourth-order valence-corrected chi connectivity index (χ4v) is 2.44. The number of nitrogens with one attached hydrogen (secondary N) is 1. The number of nitrogens with zero attached hydrogens (tertiary/aromatic N) is 1. The molecule has 0 radical (unpaired) electrons. The number of hydrogen-bond donors (Lipinski definition) is 1. The third kappa shape index (κ3) is 4.84. The summed E-state index contributed by atoms with van der Waals surface area (Å²) >= 11 is 3.39. The number of carbonyl (C=O) groups excluding carboxylic acids is 1. The first-order valence-corrected chi connectivity index (χ1v) is 7.42. The molecule has 1 saturated heterocycles. The first-order valence-electron chi connectivity index (χ1n) is 6.62. The maximum atomic E-state index is 12.0. The van der Waals surface area contributed by atoms with Crippen LogP contribution in [0.25, 0.3) is 0 Å². The Morgan fingerprint density at radius 2 is 2.26 bits per heavy atom. The van der Waals surface area contributed by atoms with Gasteiger partial charge in [-0.3, -0.25) is 4.79 Å². The van der Waals surface area contributed by atoms with E-state index in [1.54, 1.807) is 0 Å². The topological polar surface area (TPSA) is 41.6 Å². The van der Waals surface area contributed by atoms with Gasteiger partial charge in [0.25, 0.3) is 0 Å². The molecule has 0 unspecified atom stereocenters. The summed E-state index contributed by atoms with van der Waals surface area (Å²) in [6, 6.07) is 7.66. The van der Waals surface area contributed by atoms with Gasteiger partial charge >= 0.3 is 0 Å². The zero-order valence-corrected chi connectivity index (χ0v) is 12.5. The van der Waals surface area contributed by atoms with Gasteiger partial charge in [0.05, 0.1) is 13.0 Å². The predicted octanol–water partition coefficient (Wildman–Crippen LogP) is 2.04. The van der Waals surface area contributed by atoms with Crippen LogP contribution in [0.5, 0.6) is 5.75 Å². The van der Waals surface area contributed by atoms with Crippen LogP contribution in [0.4, 0.5) is 0 Å². The Hall–Kier alpha value is -1.07. The average molecular weight is 327 g/mol. The van der Waals surface area contributed by atoms with Crippen LogP contribution < -0.4 is 10.1 Å². The van der Waals surface area contributed by atoms with Gasteiger partial charge in [0, 0.05) is 24.1 Å². The molecule has 104 valence electrons. The average Bonchev–Trinajstić information content (AvgIpc) is 2.67. The van der Waals surface area contributed by atoms with Gasteiger partial charge in [0.2, 0.25) is 5.91 Å². The number of hydrogen-bond acceptors (Lipinski definition) is 3. The minimum Gasteiger partial charge on any atom is -0.493 e. The molecule has 1 N–H and O–H groups in total. The van der Waals surface area contributed by atoms with Crippen LogP contribution >= 0.6 is 15.9 Å². The van der Waals surface area contributed by atoms with Crippen LogP contribution in [-0.4, -0.2) is 43.6 Å². The molecule has 1 heterocycles. The third-order valence-corrected chi connectivity index (χ3v) is 3.57. The summed E-state index contributed by atoms with van der Waals surface area (Å²) in [7, 11) is 0. The number of benzene rings is 1. The van der Waals surface area contributed by atoms with E-state index in [1.807, 2.05) is 29.2 Å². The van der Waals surface area contributed by atoms with E-state index < -0.39 is 0 Å². The van der Waals surface area contributed by atoms with E-state index in [0.717, 1.165) is 42.8 Å². The number of halogens is 1. The third-order valence-electron chi connectivity index (χ3n) is 3.07. The lowest BCUT2D eigenvalue weighted by atomic mass is 10.3. The molecule has 1 aromatic carbocycles. The summed E-state index contributed by atoms with van der Waals surface area (Å²) in [6.07, 6.45) is 1.46. The molecule has 0 atom stereocenters. The second-order valence-electron chi connectivity index (χ2n) is 4.54. The maximum absolute atomic E-state index is 12.0. The zero-order chi connectivity index (χ0) is 13.5. The van der Waals surface area contributed by atoms with Crippen molar-refractivity contribution in [2.24, 2.45) is 0 Å². The molecule has 4 nitrogen and oxygen atoms in total. The number of amides is 1. The Kier molecular flexibility index (Phi) is 5.66. The van der Waals surface area contributed by atoms with Crippen molar-refractivity contribution >= 4 is 21.8 Å². The van der Waals surface area contributed by atoms with Crippen LogP contribution in [0, 0.1) is 0 Å². The van der Waals surface area contributed by atoms with Crippen molar-refractivity contribution in [2.45, 2.75) is 12.8 Å². The molecule has 19 heavy (non-hydrogen) atoms. The molecular formula is C14H19BrN2O2. The highest BCUT2D eigenvalue weighted by Crippen LogP contribution is 2.17. The van der Waals surface area contributed by atoms with Crippen LogP contribution in [0.2, 0.25) is 0 Å². The first kappa shape index (κ1) is 14.3. The van der Waals surface area contributed by atoms with Gasteiger partial charge in [0.1, 0.15) is 5.75 Å². The number of ether oxygens (including phenoxy) is 1. The molecule has 0 spiro atoms. The minimum absolute atomic E-state index is 0.179. The predicted molar refractivity (Wildman–Crippen MR) is 78.3 cm³/mol. The van der Waals surface area contributed by atoms with Crippen LogP contribution in [0.15, 0.2) is 28.7 Å². The molecule has 2 rings (SSSR count). The van der Waals surface area contributed by atoms with E-state index in [4.69, 9.17) is 4.74 Å².